The van der Waals surface area contributed by atoms with Crippen molar-refractivity contribution < 1.29 is 18.3 Å². The van der Waals surface area contributed by atoms with Crippen molar-refractivity contribution in [2.75, 3.05) is 6.54 Å². The minimum Gasteiger partial charge on any atom is -0.508 e. The monoisotopic (exact) mass is 229 g/mol. The van der Waals surface area contributed by atoms with E-state index in [0.29, 0.717) is 0 Å². The van der Waals surface area contributed by atoms with Crippen molar-refractivity contribution in [2.24, 2.45) is 0 Å². The molecule has 0 heterocycles. The summed E-state index contributed by atoms with van der Waals surface area (Å²) in [7, 11) is -3.65. The molecule has 1 rings (SSSR count). The highest BCUT2D eigenvalue weighted by atomic mass is 32.2. The maximum Gasteiger partial charge on any atom is 0.240 e. The summed E-state index contributed by atoms with van der Waals surface area (Å²) in [6, 6.07) is 5.06. The van der Waals surface area contributed by atoms with Crippen LogP contribution >= 0.6 is 0 Å². The predicted octanol–water partition coefficient (Wildman–Crippen LogP) is 0.259. The first-order valence-electron chi connectivity index (χ1n) is 4.20. The van der Waals surface area contributed by atoms with Gasteiger partial charge in [-0.3, -0.25) is 4.79 Å². The highest BCUT2D eigenvalue weighted by molar-refractivity contribution is 7.89. The number of ketones is 1. The number of sulfonamides is 1. The van der Waals surface area contributed by atoms with Gasteiger partial charge >= 0.3 is 0 Å². The van der Waals surface area contributed by atoms with Gasteiger partial charge in [-0.2, -0.15) is 0 Å². The summed E-state index contributed by atoms with van der Waals surface area (Å²) >= 11 is 0. The quantitative estimate of drug-likeness (QED) is 0.775. The van der Waals surface area contributed by atoms with Crippen LogP contribution in [-0.2, 0) is 14.8 Å². The zero-order valence-electron chi connectivity index (χ0n) is 8.10. The van der Waals surface area contributed by atoms with Gasteiger partial charge in [-0.1, -0.05) is 0 Å². The number of rotatable bonds is 4. The van der Waals surface area contributed by atoms with E-state index in [9.17, 15) is 13.2 Å². The van der Waals surface area contributed by atoms with Gasteiger partial charge in [-0.25, -0.2) is 13.1 Å². The standard InChI is InChI=1S/C9H11NO4S/c1-7(11)6-10-15(13,14)9-4-2-8(12)3-5-9/h2-5,10,12H,6H2,1H3. The third kappa shape index (κ3) is 3.34. The second kappa shape index (κ2) is 4.41. The van der Waals surface area contributed by atoms with E-state index in [0.717, 1.165) is 0 Å². The van der Waals surface area contributed by atoms with Crippen molar-refractivity contribution >= 4 is 15.8 Å². The van der Waals surface area contributed by atoms with Crippen LogP contribution in [0.25, 0.3) is 0 Å². The van der Waals surface area contributed by atoms with Crippen LogP contribution in [0.5, 0.6) is 5.75 Å². The number of hydrogen-bond acceptors (Lipinski definition) is 4. The summed E-state index contributed by atoms with van der Waals surface area (Å²) < 4.78 is 25.1. The van der Waals surface area contributed by atoms with Crippen molar-refractivity contribution in [3.05, 3.63) is 24.3 Å². The number of nitrogens with one attached hydrogen (secondary N) is 1. The van der Waals surface area contributed by atoms with Crippen molar-refractivity contribution in [1.29, 1.82) is 0 Å². The Hall–Kier alpha value is -1.40. The van der Waals surface area contributed by atoms with Gasteiger partial charge in [0.1, 0.15) is 11.5 Å². The Bertz CT molecular complexity index is 450. The van der Waals surface area contributed by atoms with E-state index >= 15 is 0 Å². The molecule has 0 atom stereocenters. The molecular weight excluding hydrogens is 218 g/mol. The molecule has 0 aromatic heterocycles. The van der Waals surface area contributed by atoms with E-state index in [2.05, 4.69) is 4.72 Å². The van der Waals surface area contributed by atoms with Crippen LogP contribution in [0.15, 0.2) is 29.2 Å². The van der Waals surface area contributed by atoms with Crippen LogP contribution in [0, 0.1) is 0 Å². The van der Waals surface area contributed by atoms with Crippen LogP contribution in [-0.4, -0.2) is 25.9 Å². The minimum absolute atomic E-state index is 0.0134. The van der Waals surface area contributed by atoms with Gasteiger partial charge in [0.2, 0.25) is 10.0 Å². The zero-order chi connectivity index (χ0) is 11.5. The lowest BCUT2D eigenvalue weighted by Crippen LogP contribution is -2.28. The van der Waals surface area contributed by atoms with E-state index < -0.39 is 10.0 Å². The van der Waals surface area contributed by atoms with Crippen LogP contribution in [0.4, 0.5) is 0 Å². The lowest BCUT2D eigenvalue weighted by Gasteiger charge is -2.04. The summed E-state index contributed by atoms with van der Waals surface area (Å²) in [6.45, 7) is 1.06. The average Bonchev–Trinajstić information content (AvgIpc) is 2.16. The number of phenols is 1. The van der Waals surface area contributed by atoms with Crippen molar-refractivity contribution in [1.82, 2.24) is 4.72 Å². The van der Waals surface area contributed by atoms with E-state index in [1.165, 1.54) is 31.2 Å². The molecule has 0 unspecified atom stereocenters. The molecule has 0 saturated heterocycles. The minimum atomic E-state index is -3.65. The molecule has 0 radical (unpaired) electrons. The Balaban J connectivity index is 2.87. The van der Waals surface area contributed by atoms with Gasteiger partial charge < -0.3 is 5.11 Å². The SMILES string of the molecule is CC(=O)CNS(=O)(=O)c1ccc(O)cc1. The Morgan fingerprint density at radius 2 is 1.87 bits per heavy atom. The number of benzene rings is 1. The second-order valence-electron chi connectivity index (χ2n) is 3.02. The average molecular weight is 229 g/mol. The molecule has 15 heavy (non-hydrogen) atoms. The maximum absolute atomic E-state index is 11.5. The highest BCUT2D eigenvalue weighted by Gasteiger charge is 2.13. The zero-order valence-corrected chi connectivity index (χ0v) is 8.91. The van der Waals surface area contributed by atoms with E-state index in [1.54, 1.807) is 0 Å². The first-order chi connectivity index (χ1) is 6.92. The number of carbonyl (C=O) groups excluding carboxylic acids is 1. The molecule has 0 aliphatic rings. The maximum atomic E-state index is 11.5. The largest absolute Gasteiger partial charge is 0.508 e. The lowest BCUT2D eigenvalue weighted by molar-refractivity contribution is -0.115. The number of phenolic OH excluding ortho intramolecular Hbond substituents is 1. The van der Waals surface area contributed by atoms with E-state index in [-0.39, 0.29) is 23.0 Å². The van der Waals surface area contributed by atoms with Gasteiger partial charge in [0.15, 0.2) is 0 Å². The molecule has 2 N–H and O–H groups in total. The first-order valence-corrected chi connectivity index (χ1v) is 5.68. The summed E-state index contributed by atoms with van der Waals surface area (Å²) in [5.74, 6) is -0.280. The Kier molecular flexibility index (Phi) is 3.43. The second-order valence-corrected chi connectivity index (χ2v) is 4.79. The fourth-order valence-corrected chi connectivity index (χ4v) is 1.96. The fraction of sp³-hybridized carbons (Fsp3) is 0.222. The third-order valence-electron chi connectivity index (χ3n) is 1.66. The third-order valence-corrected chi connectivity index (χ3v) is 3.08. The van der Waals surface area contributed by atoms with Gasteiger partial charge in [0.25, 0.3) is 0 Å². The number of hydrogen-bond donors (Lipinski definition) is 2. The lowest BCUT2D eigenvalue weighted by atomic mass is 10.3. The topological polar surface area (TPSA) is 83.5 Å². The summed E-state index contributed by atoms with van der Waals surface area (Å²) in [5.41, 5.74) is 0. The van der Waals surface area contributed by atoms with E-state index in [4.69, 9.17) is 5.11 Å². The van der Waals surface area contributed by atoms with Gasteiger partial charge in [0.05, 0.1) is 11.4 Å². The predicted molar refractivity (Wildman–Crippen MR) is 54.0 cm³/mol. The fourth-order valence-electron chi connectivity index (χ4n) is 0.905. The van der Waals surface area contributed by atoms with Gasteiger partial charge in [0, 0.05) is 0 Å². The normalized spacial score (nSPS) is 11.3. The molecule has 0 spiro atoms. The van der Waals surface area contributed by atoms with Crippen molar-refractivity contribution in [2.45, 2.75) is 11.8 Å². The molecule has 6 heteroatoms. The van der Waals surface area contributed by atoms with Crippen LogP contribution in [0.3, 0.4) is 0 Å². The van der Waals surface area contributed by atoms with E-state index in [1.807, 2.05) is 0 Å². The summed E-state index contributed by atoms with van der Waals surface area (Å²) in [6.07, 6.45) is 0. The van der Waals surface area contributed by atoms with Crippen LogP contribution in [0.2, 0.25) is 0 Å². The summed E-state index contributed by atoms with van der Waals surface area (Å²) in [4.78, 5) is 10.6. The molecule has 1 aromatic carbocycles. The Labute approximate surface area is 87.8 Å². The molecule has 0 bridgehead atoms. The van der Waals surface area contributed by atoms with Crippen LogP contribution in [0.1, 0.15) is 6.92 Å². The molecule has 0 amide bonds. The van der Waals surface area contributed by atoms with Crippen molar-refractivity contribution in [3.63, 3.8) is 0 Å². The molecule has 0 aliphatic heterocycles. The molecule has 82 valence electrons. The van der Waals surface area contributed by atoms with Gasteiger partial charge in [-0.15, -0.1) is 0 Å². The number of Topliss-reactive ketones (excluding diaryl/α,β-unsaturated/α-hetero) is 1. The first kappa shape index (κ1) is 11.7. The highest BCUT2D eigenvalue weighted by Crippen LogP contribution is 2.13. The summed E-state index contributed by atoms with van der Waals surface area (Å²) in [5, 5.41) is 8.97. The molecule has 5 nitrogen and oxygen atoms in total. The smallest absolute Gasteiger partial charge is 0.240 e. The van der Waals surface area contributed by atoms with Gasteiger partial charge in [-0.05, 0) is 31.2 Å². The molecule has 1 aromatic rings. The molecule has 0 saturated carbocycles. The Morgan fingerprint density at radius 3 is 2.33 bits per heavy atom. The number of carbonyl (C=O) groups is 1. The van der Waals surface area contributed by atoms with Crippen molar-refractivity contribution in [3.8, 4) is 5.75 Å². The number of aromatic hydroxyl groups is 1. The molecule has 0 aliphatic carbocycles. The Morgan fingerprint density at radius 1 is 1.33 bits per heavy atom. The van der Waals surface area contributed by atoms with Crippen LogP contribution < -0.4 is 4.72 Å². The molecule has 0 fully saturated rings. The molecular formula is C9H11NO4S.